The molecule has 0 aliphatic carbocycles. The van der Waals surface area contributed by atoms with Crippen LogP contribution < -0.4 is 4.72 Å². The SMILES string of the molecule is CN(Cc1nccn1CC(F)(F)F)C(=O)c1ccc(S(=O)(=O)NC(C)(C)C)cc1. The number of imidazole rings is 1. The molecule has 0 aliphatic rings. The van der Waals surface area contributed by atoms with Gasteiger partial charge in [-0.1, -0.05) is 0 Å². The minimum atomic E-state index is -4.40. The number of nitrogens with one attached hydrogen (secondary N) is 1. The molecule has 11 heteroatoms. The lowest BCUT2D eigenvalue weighted by Crippen LogP contribution is -2.40. The van der Waals surface area contributed by atoms with Gasteiger partial charge in [0.15, 0.2) is 0 Å². The Morgan fingerprint density at radius 1 is 1.17 bits per heavy atom. The first kappa shape index (κ1) is 22.9. The van der Waals surface area contributed by atoms with E-state index in [-0.39, 0.29) is 22.8 Å². The highest BCUT2D eigenvalue weighted by atomic mass is 32.2. The molecule has 0 saturated heterocycles. The van der Waals surface area contributed by atoms with Crippen molar-refractivity contribution >= 4 is 15.9 Å². The number of rotatable bonds is 6. The van der Waals surface area contributed by atoms with Gasteiger partial charge in [-0.2, -0.15) is 13.2 Å². The van der Waals surface area contributed by atoms with Crippen molar-refractivity contribution in [3.05, 3.63) is 48.0 Å². The highest BCUT2D eigenvalue weighted by Crippen LogP contribution is 2.19. The maximum Gasteiger partial charge on any atom is 0.406 e. The maximum atomic E-state index is 12.6. The van der Waals surface area contributed by atoms with Crippen LogP contribution in [-0.4, -0.2) is 47.5 Å². The van der Waals surface area contributed by atoms with Gasteiger partial charge in [0, 0.05) is 30.5 Å². The van der Waals surface area contributed by atoms with E-state index < -0.39 is 34.2 Å². The Labute approximate surface area is 167 Å². The van der Waals surface area contributed by atoms with Crippen LogP contribution in [0.3, 0.4) is 0 Å². The Hall–Kier alpha value is -2.40. The van der Waals surface area contributed by atoms with Crippen molar-refractivity contribution in [3.63, 3.8) is 0 Å². The van der Waals surface area contributed by atoms with E-state index in [1.807, 2.05) is 0 Å². The second-order valence-corrected chi connectivity index (χ2v) is 9.31. The molecule has 160 valence electrons. The van der Waals surface area contributed by atoms with Crippen molar-refractivity contribution in [3.8, 4) is 0 Å². The van der Waals surface area contributed by atoms with Gasteiger partial charge in [-0.3, -0.25) is 4.79 Å². The summed E-state index contributed by atoms with van der Waals surface area (Å²) in [6.45, 7) is 3.80. The third-order valence-electron chi connectivity index (χ3n) is 3.73. The summed E-state index contributed by atoms with van der Waals surface area (Å²) in [7, 11) is -2.31. The van der Waals surface area contributed by atoms with E-state index in [4.69, 9.17) is 0 Å². The van der Waals surface area contributed by atoms with Crippen LogP contribution in [0.25, 0.3) is 0 Å². The van der Waals surface area contributed by atoms with Crippen LogP contribution in [0, 0.1) is 0 Å². The van der Waals surface area contributed by atoms with Crippen LogP contribution in [-0.2, 0) is 23.1 Å². The third-order valence-corrected chi connectivity index (χ3v) is 5.50. The summed E-state index contributed by atoms with van der Waals surface area (Å²) in [5, 5.41) is 0. The molecule has 2 aromatic rings. The Kier molecular flexibility index (Phi) is 6.43. The summed E-state index contributed by atoms with van der Waals surface area (Å²) in [6, 6.07) is 5.33. The Bertz CT molecular complexity index is 961. The normalized spacial score (nSPS) is 12.8. The van der Waals surface area contributed by atoms with Crippen LogP contribution in [0.4, 0.5) is 13.2 Å². The average Bonchev–Trinajstić information content (AvgIpc) is 2.97. The molecule has 0 spiro atoms. The van der Waals surface area contributed by atoms with E-state index in [1.54, 1.807) is 20.8 Å². The summed E-state index contributed by atoms with van der Waals surface area (Å²) in [5.41, 5.74) is -0.456. The maximum absolute atomic E-state index is 12.6. The van der Waals surface area contributed by atoms with Crippen molar-refractivity contribution in [1.82, 2.24) is 19.2 Å². The fourth-order valence-corrected chi connectivity index (χ4v) is 3.99. The molecule has 1 N–H and O–H groups in total. The Balaban J connectivity index is 2.12. The monoisotopic (exact) mass is 432 g/mol. The minimum absolute atomic E-state index is 0.00680. The van der Waals surface area contributed by atoms with Crippen LogP contribution in [0.1, 0.15) is 37.0 Å². The quantitative estimate of drug-likeness (QED) is 0.761. The first-order valence-electron chi connectivity index (χ1n) is 8.64. The molecule has 0 radical (unpaired) electrons. The molecule has 1 aromatic heterocycles. The summed E-state index contributed by atoms with van der Waals surface area (Å²) < 4.78 is 65.9. The first-order chi connectivity index (χ1) is 13.2. The average molecular weight is 432 g/mol. The summed E-state index contributed by atoms with van der Waals surface area (Å²) in [6.07, 6.45) is -1.97. The van der Waals surface area contributed by atoms with Gasteiger partial charge in [-0.15, -0.1) is 0 Å². The van der Waals surface area contributed by atoms with Gasteiger partial charge in [0.2, 0.25) is 10.0 Å². The molecule has 0 bridgehead atoms. The molecular formula is C18H23F3N4O3S. The number of hydrogen-bond acceptors (Lipinski definition) is 4. The largest absolute Gasteiger partial charge is 0.406 e. The molecule has 0 saturated carbocycles. The number of nitrogens with zero attached hydrogens (tertiary/aromatic N) is 3. The van der Waals surface area contributed by atoms with E-state index in [0.29, 0.717) is 0 Å². The van der Waals surface area contributed by atoms with Gasteiger partial charge in [0.1, 0.15) is 12.4 Å². The number of carbonyl (C=O) groups is 1. The first-order valence-corrected chi connectivity index (χ1v) is 10.1. The molecular weight excluding hydrogens is 409 g/mol. The molecule has 0 aliphatic heterocycles. The summed E-state index contributed by atoms with van der Waals surface area (Å²) in [5.74, 6) is -0.383. The molecule has 0 fully saturated rings. The molecule has 2 rings (SSSR count). The van der Waals surface area contributed by atoms with Crippen molar-refractivity contribution < 1.29 is 26.4 Å². The number of amides is 1. The van der Waals surface area contributed by atoms with Crippen molar-refractivity contribution in [2.75, 3.05) is 7.05 Å². The highest BCUT2D eigenvalue weighted by molar-refractivity contribution is 7.89. The van der Waals surface area contributed by atoms with E-state index in [2.05, 4.69) is 9.71 Å². The fraction of sp³-hybridized carbons (Fsp3) is 0.444. The van der Waals surface area contributed by atoms with Gasteiger partial charge in [-0.05, 0) is 45.0 Å². The highest BCUT2D eigenvalue weighted by Gasteiger charge is 2.29. The zero-order valence-electron chi connectivity index (χ0n) is 16.5. The molecule has 1 aromatic carbocycles. The number of carbonyl (C=O) groups excluding carboxylic acids is 1. The molecule has 1 heterocycles. The van der Waals surface area contributed by atoms with Gasteiger partial charge < -0.3 is 9.47 Å². The summed E-state index contributed by atoms with van der Waals surface area (Å²) >= 11 is 0. The molecule has 0 unspecified atom stereocenters. The van der Waals surface area contributed by atoms with Crippen molar-refractivity contribution in [1.29, 1.82) is 0 Å². The molecule has 0 atom stereocenters. The number of aromatic nitrogens is 2. The Morgan fingerprint density at radius 2 is 1.76 bits per heavy atom. The summed E-state index contributed by atoms with van der Waals surface area (Å²) in [4.78, 5) is 17.7. The molecule has 1 amide bonds. The van der Waals surface area contributed by atoms with E-state index in [9.17, 15) is 26.4 Å². The lowest BCUT2D eigenvalue weighted by molar-refractivity contribution is -0.141. The fourth-order valence-electron chi connectivity index (χ4n) is 2.57. The lowest BCUT2D eigenvalue weighted by Gasteiger charge is -2.21. The van der Waals surface area contributed by atoms with Gasteiger partial charge in [0.25, 0.3) is 5.91 Å². The smallest absolute Gasteiger partial charge is 0.334 e. The van der Waals surface area contributed by atoms with Crippen molar-refractivity contribution in [2.24, 2.45) is 0 Å². The van der Waals surface area contributed by atoms with E-state index in [1.165, 1.54) is 48.6 Å². The van der Waals surface area contributed by atoms with Crippen LogP contribution in [0.2, 0.25) is 0 Å². The zero-order valence-corrected chi connectivity index (χ0v) is 17.3. The Morgan fingerprint density at radius 3 is 2.28 bits per heavy atom. The van der Waals surface area contributed by atoms with Gasteiger partial charge in [0.05, 0.1) is 11.4 Å². The second kappa shape index (κ2) is 8.15. The lowest BCUT2D eigenvalue weighted by atomic mass is 10.1. The minimum Gasteiger partial charge on any atom is -0.334 e. The predicted molar refractivity (Wildman–Crippen MR) is 101 cm³/mol. The second-order valence-electron chi connectivity index (χ2n) is 7.63. The molecule has 29 heavy (non-hydrogen) atoms. The van der Waals surface area contributed by atoms with Crippen LogP contribution in [0.5, 0.6) is 0 Å². The van der Waals surface area contributed by atoms with Crippen molar-refractivity contribution in [2.45, 2.75) is 50.5 Å². The van der Waals surface area contributed by atoms with E-state index in [0.717, 1.165) is 4.57 Å². The number of benzene rings is 1. The van der Waals surface area contributed by atoms with Gasteiger partial charge >= 0.3 is 6.18 Å². The zero-order chi connectivity index (χ0) is 22.0. The number of sulfonamides is 1. The molecule has 7 nitrogen and oxygen atoms in total. The topological polar surface area (TPSA) is 84.3 Å². The number of alkyl halides is 3. The predicted octanol–water partition coefficient (Wildman–Crippen LogP) is 2.79. The van der Waals surface area contributed by atoms with Crippen LogP contribution in [0.15, 0.2) is 41.6 Å². The third kappa shape index (κ3) is 6.57. The number of hydrogen-bond donors (Lipinski definition) is 1. The number of halogens is 3. The standard InChI is InChI=1S/C18H23F3N4O3S/c1-17(2,3)23-29(27,28)14-7-5-13(6-8-14)16(26)24(4)11-15-22-9-10-25(15)12-18(19,20)21/h5-10,23H,11-12H2,1-4H3. The van der Waals surface area contributed by atoms with E-state index >= 15 is 0 Å². The van der Waals surface area contributed by atoms with Crippen LogP contribution >= 0.6 is 0 Å². The van der Waals surface area contributed by atoms with Gasteiger partial charge in [-0.25, -0.2) is 18.1 Å².